The van der Waals surface area contributed by atoms with Gasteiger partial charge in [-0.25, -0.2) is 9.78 Å². The van der Waals surface area contributed by atoms with E-state index in [0.29, 0.717) is 28.8 Å². The Labute approximate surface area is 191 Å². The molecule has 0 saturated heterocycles. The molecule has 31 heavy (non-hydrogen) atoms. The molecule has 1 heterocycles. The molecule has 1 N–H and O–H groups in total. The van der Waals surface area contributed by atoms with E-state index >= 15 is 0 Å². The lowest BCUT2D eigenvalue weighted by Gasteiger charge is -2.36. The van der Waals surface area contributed by atoms with E-state index in [2.05, 4.69) is 42.8 Å². The fourth-order valence-corrected chi connectivity index (χ4v) is 4.76. The minimum absolute atomic E-state index is 0.0273. The van der Waals surface area contributed by atoms with E-state index in [4.69, 9.17) is 9.72 Å². The number of methoxy groups -OCH3 is 1. The number of fused-ring (bicyclic) bond motifs is 2. The first-order chi connectivity index (χ1) is 14.7. The highest BCUT2D eigenvalue weighted by Crippen LogP contribution is 2.45. The van der Waals surface area contributed by atoms with Gasteiger partial charge in [-0.1, -0.05) is 54.9 Å². The number of carboxylic acid groups (broad SMARTS) is 1. The number of aromatic carboxylic acids is 1. The predicted molar refractivity (Wildman–Crippen MR) is 129 cm³/mol. The van der Waals surface area contributed by atoms with Crippen molar-refractivity contribution in [1.82, 2.24) is 4.98 Å². The zero-order chi connectivity index (χ0) is 22.3. The van der Waals surface area contributed by atoms with Crippen molar-refractivity contribution >= 4 is 44.5 Å². The zero-order valence-corrected chi connectivity index (χ0v) is 19.8. The third-order valence-electron chi connectivity index (χ3n) is 6.17. The summed E-state index contributed by atoms with van der Waals surface area (Å²) in [5.74, 6) is 0.170. The first-order valence-electron chi connectivity index (χ1n) is 10.4. The van der Waals surface area contributed by atoms with Gasteiger partial charge in [0.1, 0.15) is 5.75 Å². The number of nitrogens with zero attached hydrogens (tertiary/aromatic N) is 1. The number of benzene rings is 2. The Morgan fingerprint density at radius 2 is 1.94 bits per heavy atom. The normalized spacial score (nSPS) is 17.6. The summed E-state index contributed by atoms with van der Waals surface area (Å²) < 4.78 is 6.54. The molecule has 2 aromatic carbocycles. The van der Waals surface area contributed by atoms with Gasteiger partial charge >= 0.3 is 5.97 Å². The summed E-state index contributed by atoms with van der Waals surface area (Å²) in [6.07, 6.45) is 3.63. The largest absolute Gasteiger partial charge is 0.496 e. The predicted octanol–water partition coefficient (Wildman–Crippen LogP) is 6.85. The first-order valence-corrected chi connectivity index (χ1v) is 11.2. The molecule has 0 fully saturated rings. The second-order valence-corrected chi connectivity index (χ2v) is 10.1. The fourth-order valence-electron chi connectivity index (χ4n) is 4.39. The van der Waals surface area contributed by atoms with Crippen molar-refractivity contribution in [3.05, 3.63) is 69.3 Å². The van der Waals surface area contributed by atoms with Gasteiger partial charge in [0.15, 0.2) is 0 Å². The highest BCUT2D eigenvalue weighted by Gasteiger charge is 2.35. The number of para-hydroxylation sites is 1. The summed E-state index contributed by atoms with van der Waals surface area (Å²) in [5.41, 5.74) is 4.72. The molecule has 1 aliphatic rings. The Morgan fingerprint density at radius 1 is 1.19 bits per heavy atom. The van der Waals surface area contributed by atoms with Gasteiger partial charge in [-0.05, 0) is 65.7 Å². The Bertz CT molecular complexity index is 1210. The molecule has 3 aromatic rings. The van der Waals surface area contributed by atoms with Gasteiger partial charge in [0.2, 0.25) is 0 Å². The van der Waals surface area contributed by atoms with Crippen molar-refractivity contribution in [2.45, 2.75) is 33.6 Å². The first kappa shape index (κ1) is 21.6. The second kappa shape index (κ2) is 8.12. The number of carboxylic acids is 1. The van der Waals surface area contributed by atoms with Crippen molar-refractivity contribution in [1.29, 1.82) is 0 Å². The number of hydrogen-bond donors (Lipinski definition) is 1. The van der Waals surface area contributed by atoms with Crippen LogP contribution in [0, 0.1) is 11.3 Å². The van der Waals surface area contributed by atoms with E-state index in [0.717, 1.165) is 39.0 Å². The van der Waals surface area contributed by atoms with Gasteiger partial charge in [0, 0.05) is 15.4 Å². The van der Waals surface area contributed by atoms with Crippen LogP contribution in [0.2, 0.25) is 0 Å². The standard InChI is InChI=1S/C26H26BrNO3/c1-26(2,3)17-12-16(11-15-13-18(27)9-10-22(15)31-4)24-20(14-17)23(25(29)30)19-7-5-6-8-21(19)28-24/h5-11,13,17H,12,14H2,1-4H3,(H,29,30)/b16-11-. The lowest BCUT2D eigenvalue weighted by Crippen LogP contribution is -2.28. The number of allylic oxidation sites excluding steroid dienone is 1. The van der Waals surface area contributed by atoms with E-state index in [1.807, 2.05) is 42.5 Å². The van der Waals surface area contributed by atoms with Crippen molar-refractivity contribution in [3.8, 4) is 5.75 Å². The van der Waals surface area contributed by atoms with Crippen molar-refractivity contribution < 1.29 is 14.6 Å². The van der Waals surface area contributed by atoms with Gasteiger partial charge in [-0.3, -0.25) is 0 Å². The smallest absolute Gasteiger partial charge is 0.336 e. The Morgan fingerprint density at radius 3 is 2.61 bits per heavy atom. The van der Waals surface area contributed by atoms with Crippen molar-refractivity contribution in [2.24, 2.45) is 11.3 Å². The fraction of sp³-hybridized carbons (Fsp3) is 0.308. The van der Waals surface area contributed by atoms with Crippen molar-refractivity contribution in [2.75, 3.05) is 7.11 Å². The van der Waals surface area contributed by atoms with Crippen LogP contribution in [-0.2, 0) is 6.42 Å². The Hall–Kier alpha value is -2.66. The van der Waals surface area contributed by atoms with E-state index in [1.165, 1.54) is 0 Å². The van der Waals surface area contributed by atoms with Gasteiger partial charge < -0.3 is 9.84 Å². The summed E-state index contributed by atoms with van der Waals surface area (Å²) in [5, 5.41) is 10.8. The van der Waals surface area contributed by atoms with E-state index in [9.17, 15) is 9.90 Å². The average molecular weight is 480 g/mol. The van der Waals surface area contributed by atoms with Crippen LogP contribution in [0.3, 0.4) is 0 Å². The molecular formula is C26H26BrNO3. The quantitative estimate of drug-likeness (QED) is 0.445. The van der Waals surface area contributed by atoms with Crippen LogP contribution in [0.25, 0.3) is 22.6 Å². The number of aromatic nitrogens is 1. The lowest BCUT2D eigenvalue weighted by molar-refractivity contribution is 0.0696. The molecule has 1 aromatic heterocycles. The topological polar surface area (TPSA) is 59.4 Å². The lowest BCUT2D eigenvalue weighted by atomic mass is 9.69. The Kier molecular flexibility index (Phi) is 5.65. The third kappa shape index (κ3) is 4.11. The summed E-state index contributed by atoms with van der Waals surface area (Å²) in [4.78, 5) is 17.3. The van der Waals surface area contributed by atoms with Gasteiger partial charge in [-0.2, -0.15) is 0 Å². The minimum atomic E-state index is -0.899. The number of pyridine rings is 1. The van der Waals surface area contributed by atoms with Gasteiger partial charge in [0.05, 0.1) is 23.9 Å². The molecule has 0 saturated carbocycles. The molecule has 0 amide bonds. The maximum Gasteiger partial charge on any atom is 0.336 e. The molecule has 4 nitrogen and oxygen atoms in total. The Balaban J connectivity index is 2.02. The summed E-state index contributed by atoms with van der Waals surface area (Å²) >= 11 is 3.55. The average Bonchev–Trinajstić information content (AvgIpc) is 2.71. The van der Waals surface area contributed by atoms with Crippen LogP contribution in [0.1, 0.15) is 54.4 Å². The van der Waals surface area contributed by atoms with Crippen molar-refractivity contribution in [3.63, 3.8) is 0 Å². The highest BCUT2D eigenvalue weighted by molar-refractivity contribution is 9.10. The number of halogens is 1. The molecule has 0 spiro atoms. The summed E-state index contributed by atoms with van der Waals surface area (Å²) in [6, 6.07) is 13.4. The highest BCUT2D eigenvalue weighted by atomic mass is 79.9. The minimum Gasteiger partial charge on any atom is -0.496 e. The maximum atomic E-state index is 12.4. The molecule has 5 heteroatoms. The van der Waals surface area contributed by atoms with Gasteiger partial charge in [0.25, 0.3) is 0 Å². The van der Waals surface area contributed by atoms with Crippen LogP contribution in [0.5, 0.6) is 5.75 Å². The molecule has 1 unspecified atom stereocenters. The number of rotatable bonds is 3. The summed E-state index contributed by atoms with van der Waals surface area (Å²) in [7, 11) is 1.66. The molecule has 1 atom stereocenters. The van der Waals surface area contributed by atoms with Gasteiger partial charge in [-0.15, -0.1) is 0 Å². The number of hydrogen-bond acceptors (Lipinski definition) is 3. The third-order valence-corrected chi connectivity index (χ3v) is 6.67. The van der Waals surface area contributed by atoms with Crippen LogP contribution >= 0.6 is 15.9 Å². The maximum absolute atomic E-state index is 12.4. The van der Waals surface area contributed by atoms with Crippen LogP contribution in [0.4, 0.5) is 0 Å². The van der Waals surface area contributed by atoms with Crippen LogP contribution < -0.4 is 4.74 Å². The molecule has 0 bridgehead atoms. The van der Waals surface area contributed by atoms with Crippen LogP contribution in [-0.4, -0.2) is 23.2 Å². The summed E-state index contributed by atoms with van der Waals surface area (Å²) in [6.45, 7) is 6.65. The molecule has 0 aliphatic heterocycles. The molecule has 1 aliphatic carbocycles. The van der Waals surface area contributed by atoms with E-state index < -0.39 is 5.97 Å². The SMILES string of the molecule is COc1ccc(Br)cc1/C=C1/CC(C(C)(C)C)Cc2c1nc1ccccc1c2C(=O)O. The number of ether oxygens (including phenoxy) is 1. The molecule has 160 valence electrons. The molecule has 0 radical (unpaired) electrons. The second-order valence-electron chi connectivity index (χ2n) is 9.16. The molecule has 4 rings (SSSR count). The zero-order valence-electron chi connectivity index (χ0n) is 18.2. The van der Waals surface area contributed by atoms with Crippen LogP contribution in [0.15, 0.2) is 46.9 Å². The van der Waals surface area contributed by atoms with E-state index in [-0.39, 0.29) is 5.41 Å². The number of carbonyl (C=O) groups is 1. The molecular weight excluding hydrogens is 454 g/mol. The monoisotopic (exact) mass is 479 g/mol. The van der Waals surface area contributed by atoms with E-state index in [1.54, 1.807) is 7.11 Å².